The molecule has 0 aliphatic heterocycles. The molecule has 76 valence electrons. The number of benzene rings is 1. The van der Waals surface area contributed by atoms with Gasteiger partial charge in [-0.15, -0.1) is 0 Å². The maximum absolute atomic E-state index is 11.5. The van der Waals surface area contributed by atoms with Gasteiger partial charge in [0, 0.05) is 5.33 Å². The van der Waals surface area contributed by atoms with E-state index in [9.17, 15) is 9.90 Å². The van der Waals surface area contributed by atoms with Crippen molar-refractivity contribution in [1.29, 1.82) is 0 Å². The third-order valence-electron chi connectivity index (χ3n) is 2.03. The normalized spacial score (nSPS) is 14.8. The van der Waals surface area contributed by atoms with Gasteiger partial charge in [0.05, 0.1) is 5.33 Å². The lowest BCUT2D eigenvalue weighted by molar-refractivity contribution is -0.132. The van der Waals surface area contributed by atoms with Crippen LogP contribution in [0, 0.1) is 0 Å². The van der Waals surface area contributed by atoms with Gasteiger partial charge >= 0.3 is 0 Å². The van der Waals surface area contributed by atoms with E-state index < -0.39 is 5.60 Å². The number of carbonyl (C=O) groups excluding carboxylic acids is 1. The van der Waals surface area contributed by atoms with Gasteiger partial charge in [-0.3, -0.25) is 4.79 Å². The average molecular weight is 322 g/mol. The largest absolute Gasteiger partial charge is 0.376 e. The first-order valence-corrected chi connectivity index (χ1v) is 6.32. The fraction of sp³-hybridized carbons (Fsp3) is 0.300. The number of alkyl halides is 2. The summed E-state index contributed by atoms with van der Waals surface area (Å²) in [6.07, 6.45) is 0. The number of Topliss-reactive ketones (excluding diaryl/α,β-unsaturated/α-hetero) is 1. The summed E-state index contributed by atoms with van der Waals surface area (Å²) in [6, 6.07) is 8.91. The molecule has 0 radical (unpaired) electrons. The Balaban J connectivity index is 3.08. The van der Waals surface area contributed by atoms with Crippen LogP contribution in [0.4, 0.5) is 0 Å². The van der Waals surface area contributed by atoms with E-state index in [2.05, 4.69) is 31.9 Å². The lowest BCUT2D eigenvalue weighted by Gasteiger charge is -2.23. The van der Waals surface area contributed by atoms with Gasteiger partial charge in [0.15, 0.2) is 11.4 Å². The van der Waals surface area contributed by atoms with Gasteiger partial charge in [-0.1, -0.05) is 62.2 Å². The molecule has 14 heavy (non-hydrogen) atoms. The molecular weight excluding hydrogens is 312 g/mol. The van der Waals surface area contributed by atoms with E-state index in [0.717, 1.165) is 0 Å². The fourth-order valence-corrected chi connectivity index (χ4v) is 2.24. The molecule has 0 saturated heterocycles. The second-order valence-corrected chi connectivity index (χ2v) is 4.04. The molecule has 0 bridgehead atoms. The molecule has 1 rings (SSSR count). The quantitative estimate of drug-likeness (QED) is 0.864. The van der Waals surface area contributed by atoms with Crippen LogP contribution >= 0.6 is 31.9 Å². The Morgan fingerprint density at radius 2 is 1.86 bits per heavy atom. The van der Waals surface area contributed by atoms with Crippen LogP contribution in [0.15, 0.2) is 30.3 Å². The number of hydrogen-bond donors (Lipinski definition) is 1. The summed E-state index contributed by atoms with van der Waals surface area (Å²) in [4.78, 5) is 11.5. The number of ketones is 1. The second kappa shape index (κ2) is 5.05. The summed E-state index contributed by atoms with van der Waals surface area (Å²) in [5.74, 6) is -0.249. The summed E-state index contributed by atoms with van der Waals surface area (Å²) in [7, 11) is 0. The van der Waals surface area contributed by atoms with Crippen molar-refractivity contribution in [3.8, 4) is 0 Å². The van der Waals surface area contributed by atoms with E-state index in [-0.39, 0.29) is 16.4 Å². The average Bonchev–Trinajstić information content (AvgIpc) is 2.28. The van der Waals surface area contributed by atoms with Gasteiger partial charge in [0.25, 0.3) is 0 Å². The number of halogens is 2. The molecule has 0 fully saturated rings. The van der Waals surface area contributed by atoms with Crippen LogP contribution in [-0.4, -0.2) is 21.5 Å². The van der Waals surface area contributed by atoms with E-state index in [1.54, 1.807) is 24.3 Å². The third kappa shape index (κ3) is 2.24. The van der Waals surface area contributed by atoms with Crippen molar-refractivity contribution in [2.45, 2.75) is 5.60 Å². The zero-order valence-electron chi connectivity index (χ0n) is 7.41. The molecule has 0 aliphatic rings. The molecule has 0 amide bonds. The highest BCUT2D eigenvalue weighted by Crippen LogP contribution is 2.25. The topological polar surface area (TPSA) is 37.3 Å². The van der Waals surface area contributed by atoms with Gasteiger partial charge < -0.3 is 5.11 Å². The standard InChI is InChI=1S/C10H10Br2O2/c11-6-9(13)10(14,7-12)8-4-2-1-3-5-8/h1-5,14H,6-7H2. The van der Waals surface area contributed by atoms with Crippen molar-refractivity contribution in [3.63, 3.8) is 0 Å². The van der Waals surface area contributed by atoms with E-state index in [1.807, 2.05) is 6.07 Å². The summed E-state index contributed by atoms with van der Waals surface area (Å²) in [5, 5.41) is 10.5. The van der Waals surface area contributed by atoms with Gasteiger partial charge in [0.1, 0.15) is 0 Å². The van der Waals surface area contributed by atoms with Gasteiger partial charge in [-0.05, 0) is 5.56 Å². The molecule has 1 unspecified atom stereocenters. The lowest BCUT2D eigenvalue weighted by Crippen LogP contribution is -2.38. The highest BCUT2D eigenvalue weighted by Gasteiger charge is 2.35. The second-order valence-electron chi connectivity index (χ2n) is 2.92. The van der Waals surface area contributed by atoms with Crippen molar-refractivity contribution in [2.75, 3.05) is 10.7 Å². The van der Waals surface area contributed by atoms with Crippen molar-refractivity contribution >= 4 is 37.6 Å². The van der Waals surface area contributed by atoms with Gasteiger partial charge in [-0.25, -0.2) is 0 Å². The van der Waals surface area contributed by atoms with Crippen molar-refractivity contribution in [2.24, 2.45) is 0 Å². The molecule has 1 atom stereocenters. The van der Waals surface area contributed by atoms with Crippen LogP contribution in [0.1, 0.15) is 5.56 Å². The van der Waals surface area contributed by atoms with Gasteiger partial charge in [0.2, 0.25) is 0 Å². The zero-order valence-corrected chi connectivity index (χ0v) is 10.6. The third-order valence-corrected chi connectivity index (χ3v) is 3.35. The summed E-state index contributed by atoms with van der Waals surface area (Å²) < 4.78 is 0. The van der Waals surface area contributed by atoms with E-state index in [0.29, 0.717) is 5.56 Å². The predicted octanol–water partition coefficient (Wildman–Crippen LogP) is 2.23. The molecule has 0 aromatic heterocycles. The molecule has 0 saturated carbocycles. The Kier molecular flexibility index (Phi) is 4.29. The smallest absolute Gasteiger partial charge is 0.180 e. The van der Waals surface area contributed by atoms with E-state index >= 15 is 0 Å². The van der Waals surface area contributed by atoms with Crippen molar-refractivity contribution in [1.82, 2.24) is 0 Å². The van der Waals surface area contributed by atoms with E-state index in [4.69, 9.17) is 0 Å². The van der Waals surface area contributed by atoms with Crippen molar-refractivity contribution < 1.29 is 9.90 Å². The maximum Gasteiger partial charge on any atom is 0.180 e. The minimum absolute atomic E-state index is 0.143. The molecule has 1 aromatic rings. The molecule has 0 aliphatic carbocycles. The monoisotopic (exact) mass is 320 g/mol. The SMILES string of the molecule is O=C(CBr)C(O)(CBr)c1ccccc1. The van der Waals surface area contributed by atoms with Crippen LogP contribution in [0.25, 0.3) is 0 Å². The number of rotatable bonds is 4. The Morgan fingerprint density at radius 1 is 1.29 bits per heavy atom. The lowest BCUT2D eigenvalue weighted by atomic mass is 9.92. The minimum atomic E-state index is -1.43. The highest BCUT2D eigenvalue weighted by molar-refractivity contribution is 9.09. The Hall–Kier alpha value is -0.190. The Labute approximate surface area is 99.6 Å². The molecular formula is C10H10Br2O2. The van der Waals surface area contributed by atoms with Crippen LogP contribution < -0.4 is 0 Å². The number of hydrogen-bond acceptors (Lipinski definition) is 2. The van der Waals surface area contributed by atoms with E-state index in [1.165, 1.54) is 0 Å². The van der Waals surface area contributed by atoms with Gasteiger partial charge in [-0.2, -0.15) is 0 Å². The molecule has 2 nitrogen and oxygen atoms in total. The molecule has 0 heterocycles. The predicted molar refractivity (Wildman–Crippen MR) is 62.9 cm³/mol. The summed E-state index contributed by atoms with van der Waals surface area (Å²) >= 11 is 6.22. The van der Waals surface area contributed by atoms with Crippen molar-refractivity contribution in [3.05, 3.63) is 35.9 Å². The molecule has 0 spiro atoms. The number of aliphatic hydroxyl groups is 1. The number of carbonyl (C=O) groups is 1. The molecule has 1 N–H and O–H groups in total. The first-order chi connectivity index (χ1) is 6.65. The molecule has 1 aromatic carbocycles. The first-order valence-electron chi connectivity index (χ1n) is 4.08. The first kappa shape index (κ1) is 11.9. The van der Waals surface area contributed by atoms with Crippen LogP contribution in [-0.2, 0) is 10.4 Å². The maximum atomic E-state index is 11.5. The van der Waals surface area contributed by atoms with Crippen LogP contribution in [0.3, 0.4) is 0 Å². The Morgan fingerprint density at radius 3 is 2.29 bits per heavy atom. The summed E-state index contributed by atoms with van der Waals surface area (Å²) in [6.45, 7) is 0. The molecule has 4 heteroatoms. The summed E-state index contributed by atoms with van der Waals surface area (Å²) in [5.41, 5.74) is -0.813. The highest BCUT2D eigenvalue weighted by atomic mass is 79.9. The minimum Gasteiger partial charge on any atom is -0.376 e. The van der Waals surface area contributed by atoms with Crippen LogP contribution in [0.5, 0.6) is 0 Å². The zero-order chi connectivity index (χ0) is 10.6. The fourth-order valence-electron chi connectivity index (χ4n) is 1.14. The van der Waals surface area contributed by atoms with Crippen LogP contribution in [0.2, 0.25) is 0 Å². The Bertz CT molecular complexity index is 313.